The lowest BCUT2D eigenvalue weighted by atomic mass is 10.1. The molecule has 0 fully saturated rings. The topological polar surface area (TPSA) is 72.6 Å². The first-order valence-corrected chi connectivity index (χ1v) is 6.67. The first kappa shape index (κ1) is 15.3. The number of hydrogen-bond donors (Lipinski definition) is 1. The van der Waals surface area contributed by atoms with E-state index in [2.05, 4.69) is 0 Å². The molecule has 1 unspecified atom stereocenters. The predicted octanol–water partition coefficient (Wildman–Crippen LogP) is 4.40. The van der Waals surface area contributed by atoms with E-state index in [-0.39, 0.29) is 11.4 Å². The second-order valence-corrected chi connectivity index (χ2v) is 5.05. The van der Waals surface area contributed by atoms with Gasteiger partial charge < -0.3 is 9.84 Å². The number of benzene rings is 2. The van der Waals surface area contributed by atoms with Crippen molar-refractivity contribution in [2.24, 2.45) is 0 Å². The van der Waals surface area contributed by atoms with Gasteiger partial charge in [-0.1, -0.05) is 29.8 Å². The first-order chi connectivity index (χ1) is 9.90. The van der Waals surface area contributed by atoms with Crippen LogP contribution in [0, 0.1) is 17.0 Å². The number of nitro benzene ring substituents is 1. The Morgan fingerprint density at radius 2 is 2.05 bits per heavy atom. The molecule has 0 saturated carbocycles. The van der Waals surface area contributed by atoms with Gasteiger partial charge in [-0.05, 0) is 37.1 Å². The lowest BCUT2D eigenvalue weighted by molar-refractivity contribution is -0.385. The zero-order valence-corrected chi connectivity index (χ0v) is 12.3. The summed E-state index contributed by atoms with van der Waals surface area (Å²) in [5, 5.41) is 20.9. The Morgan fingerprint density at radius 3 is 2.62 bits per heavy atom. The number of hydrogen-bond acceptors (Lipinski definition) is 4. The second kappa shape index (κ2) is 6.11. The molecule has 110 valence electrons. The minimum Gasteiger partial charge on any atom is -0.450 e. The fraction of sp³-hybridized carbons (Fsp3) is 0.200. The minimum atomic E-state index is -0.695. The van der Waals surface area contributed by atoms with Crippen molar-refractivity contribution >= 4 is 17.3 Å². The Hall–Kier alpha value is -2.11. The monoisotopic (exact) mass is 307 g/mol. The number of aryl methyl sites for hydroxylation is 1. The number of nitrogens with zero attached hydrogens (tertiary/aromatic N) is 1. The molecule has 0 spiro atoms. The van der Waals surface area contributed by atoms with Crippen LogP contribution in [0.25, 0.3) is 0 Å². The van der Waals surface area contributed by atoms with Gasteiger partial charge in [0, 0.05) is 6.07 Å². The van der Waals surface area contributed by atoms with E-state index >= 15 is 0 Å². The van der Waals surface area contributed by atoms with Gasteiger partial charge in [0.25, 0.3) is 0 Å². The molecule has 2 rings (SSSR count). The summed E-state index contributed by atoms with van der Waals surface area (Å²) in [6.45, 7) is 3.34. The van der Waals surface area contributed by atoms with Crippen LogP contribution in [0.4, 0.5) is 5.69 Å². The Bertz CT molecular complexity index is 685. The van der Waals surface area contributed by atoms with Gasteiger partial charge in [-0.25, -0.2) is 0 Å². The molecule has 0 saturated heterocycles. The standard InChI is InChI=1S/C15H14ClNO4/c1-9-4-3-5-14(17(19)20)15(9)21-11-6-7-12(10(2)18)13(16)8-11/h3-8,10,18H,1-2H3. The molecule has 1 N–H and O–H groups in total. The minimum absolute atomic E-state index is 0.106. The fourth-order valence-electron chi connectivity index (χ4n) is 1.94. The van der Waals surface area contributed by atoms with Gasteiger partial charge >= 0.3 is 5.69 Å². The average molecular weight is 308 g/mol. The van der Waals surface area contributed by atoms with Gasteiger partial charge in [-0.15, -0.1) is 0 Å². The number of rotatable bonds is 4. The number of aliphatic hydroxyl groups excluding tert-OH is 1. The van der Waals surface area contributed by atoms with Gasteiger partial charge in [-0.3, -0.25) is 10.1 Å². The largest absolute Gasteiger partial charge is 0.450 e. The average Bonchev–Trinajstić information content (AvgIpc) is 2.40. The molecular weight excluding hydrogens is 294 g/mol. The highest BCUT2D eigenvalue weighted by Gasteiger charge is 2.18. The fourth-order valence-corrected chi connectivity index (χ4v) is 2.27. The SMILES string of the molecule is Cc1cccc([N+](=O)[O-])c1Oc1ccc(C(C)O)c(Cl)c1. The Kier molecular flexibility index (Phi) is 4.45. The van der Waals surface area contributed by atoms with Crippen molar-refractivity contribution in [3.63, 3.8) is 0 Å². The van der Waals surface area contributed by atoms with Crippen molar-refractivity contribution in [3.8, 4) is 11.5 Å². The van der Waals surface area contributed by atoms with Gasteiger partial charge in [0.05, 0.1) is 16.0 Å². The van der Waals surface area contributed by atoms with Crippen LogP contribution in [-0.2, 0) is 0 Å². The molecule has 1 atom stereocenters. The number of ether oxygens (including phenoxy) is 1. The molecule has 0 heterocycles. The van der Waals surface area contributed by atoms with E-state index in [0.717, 1.165) is 0 Å². The molecular formula is C15H14ClNO4. The van der Waals surface area contributed by atoms with Crippen LogP contribution in [0.1, 0.15) is 24.2 Å². The summed E-state index contributed by atoms with van der Waals surface area (Å²) in [6, 6.07) is 9.49. The van der Waals surface area contributed by atoms with E-state index in [1.807, 2.05) is 0 Å². The van der Waals surface area contributed by atoms with Crippen LogP contribution in [0.5, 0.6) is 11.5 Å². The molecule has 0 amide bonds. The van der Waals surface area contributed by atoms with E-state index in [9.17, 15) is 15.2 Å². The van der Waals surface area contributed by atoms with E-state index in [0.29, 0.717) is 21.9 Å². The molecule has 0 aliphatic carbocycles. The normalized spacial score (nSPS) is 12.0. The smallest absolute Gasteiger partial charge is 0.311 e. The number of aliphatic hydroxyl groups is 1. The van der Waals surface area contributed by atoms with Crippen molar-refractivity contribution in [2.45, 2.75) is 20.0 Å². The van der Waals surface area contributed by atoms with Gasteiger partial charge in [0.2, 0.25) is 5.75 Å². The second-order valence-electron chi connectivity index (χ2n) is 4.64. The summed E-state index contributed by atoms with van der Waals surface area (Å²) in [4.78, 5) is 10.5. The van der Waals surface area contributed by atoms with Crippen molar-refractivity contribution in [1.82, 2.24) is 0 Å². The molecule has 6 heteroatoms. The molecule has 5 nitrogen and oxygen atoms in total. The van der Waals surface area contributed by atoms with Crippen molar-refractivity contribution in [1.29, 1.82) is 0 Å². The summed E-state index contributed by atoms with van der Waals surface area (Å²) in [5.74, 6) is 0.560. The number of halogens is 1. The summed E-state index contributed by atoms with van der Waals surface area (Å²) in [5.41, 5.74) is 1.12. The zero-order valence-electron chi connectivity index (χ0n) is 11.5. The summed E-state index contributed by atoms with van der Waals surface area (Å²) >= 11 is 6.06. The van der Waals surface area contributed by atoms with Gasteiger partial charge in [-0.2, -0.15) is 0 Å². The Morgan fingerprint density at radius 1 is 1.33 bits per heavy atom. The van der Waals surface area contributed by atoms with Crippen LogP contribution >= 0.6 is 11.6 Å². The van der Waals surface area contributed by atoms with Crippen molar-refractivity contribution in [3.05, 3.63) is 62.7 Å². The zero-order chi connectivity index (χ0) is 15.6. The number of para-hydroxylation sites is 1. The van der Waals surface area contributed by atoms with Gasteiger partial charge in [0.15, 0.2) is 0 Å². The molecule has 21 heavy (non-hydrogen) atoms. The molecule has 0 aliphatic heterocycles. The third kappa shape index (κ3) is 3.32. The van der Waals surface area contributed by atoms with Crippen molar-refractivity contribution in [2.75, 3.05) is 0 Å². The predicted molar refractivity (Wildman–Crippen MR) is 80.0 cm³/mol. The quantitative estimate of drug-likeness (QED) is 0.671. The molecule has 0 aromatic heterocycles. The molecule has 0 bridgehead atoms. The van der Waals surface area contributed by atoms with Crippen LogP contribution in [0.3, 0.4) is 0 Å². The van der Waals surface area contributed by atoms with Gasteiger partial charge in [0.1, 0.15) is 5.75 Å². The highest BCUT2D eigenvalue weighted by molar-refractivity contribution is 6.31. The van der Waals surface area contributed by atoms with Crippen molar-refractivity contribution < 1.29 is 14.8 Å². The number of nitro groups is 1. The Labute approximate surface area is 126 Å². The lowest BCUT2D eigenvalue weighted by Gasteiger charge is -2.12. The first-order valence-electron chi connectivity index (χ1n) is 6.29. The highest BCUT2D eigenvalue weighted by atomic mass is 35.5. The van der Waals surface area contributed by atoms with Crippen LogP contribution in [0.15, 0.2) is 36.4 Å². The maximum atomic E-state index is 11.0. The van der Waals surface area contributed by atoms with E-state index in [1.54, 1.807) is 38.1 Å². The van der Waals surface area contributed by atoms with Crippen LogP contribution < -0.4 is 4.74 Å². The van der Waals surface area contributed by atoms with E-state index < -0.39 is 11.0 Å². The Balaban J connectivity index is 2.39. The summed E-state index contributed by atoms with van der Waals surface area (Å²) in [7, 11) is 0. The van der Waals surface area contributed by atoms with Crippen LogP contribution in [-0.4, -0.2) is 10.0 Å². The maximum Gasteiger partial charge on any atom is 0.311 e. The highest BCUT2D eigenvalue weighted by Crippen LogP contribution is 2.36. The molecule has 2 aromatic carbocycles. The van der Waals surface area contributed by atoms with Crippen LogP contribution in [0.2, 0.25) is 5.02 Å². The summed E-state index contributed by atoms with van der Waals surface area (Å²) < 4.78 is 5.61. The third-order valence-electron chi connectivity index (χ3n) is 3.03. The lowest BCUT2D eigenvalue weighted by Crippen LogP contribution is -1.97. The maximum absolute atomic E-state index is 11.0. The van der Waals surface area contributed by atoms with E-state index in [1.165, 1.54) is 12.1 Å². The third-order valence-corrected chi connectivity index (χ3v) is 3.36. The van der Waals surface area contributed by atoms with E-state index in [4.69, 9.17) is 16.3 Å². The molecule has 0 radical (unpaired) electrons. The molecule has 0 aliphatic rings. The molecule has 2 aromatic rings. The summed E-state index contributed by atoms with van der Waals surface area (Å²) in [6.07, 6.45) is -0.695.